The van der Waals surface area contributed by atoms with Crippen molar-refractivity contribution in [2.45, 2.75) is 83.3 Å². The molecule has 0 aliphatic heterocycles. The number of fused-ring (bicyclic) bond motifs is 3. The second-order valence-electron chi connectivity index (χ2n) is 10.7. The predicted molar refractivity (Wildman–Crippen MR) is 149 cm³/mol. The molecule has 1 N–H and O–H groups in total. The van der Waals surface area contributed by atoms with E-state index in [-0.39, 0.29) is 23.4 Å². The van der Waals surface area contributed by atoms with Crippen LogP contribution in [0.2, 0.25) is 0 Å². The van der Waals surface area contributed by atoms with Crippen LogP contribution in [0.3, 0.4) is 0 Å². The van der Waals surface area contributed by atoms with Gasteiger partial charge in [0.15, 0.2) is 5.16 Å². The van der Waals surface area contributed by atoms with Crippen LogP contribution >= 0.6 is 11.8 Å². The molecule has 1 aliphatic rings. The van der Waals surface area contributed by atoms with Crippen molar-refractivity contribution in [2.75, 3.05) is 0 Å². The predicted octanol–water partition coefficient (Wildman–Crippen LogP) is 5.67. The summed E-state index contributed by atoms with van der Waals surface area (Å²) in [5, 5.41) is 13.4. The standard InChI is InChI=1S/C29H35N5O2S/c1-18(2)16-33-27(36)24-13-12-21(26(35)30-23-8-6-5-7-9-23)15-25(24)34-28(33)31-32-29(34)37-17-22-14-19(3)10-11-20(22)4/h10-15,18,23H,5-9,16-17H2,1-4H3,(H,30,35). The zero-order chi connectivity index (χ0) is 26.1. The molecular formula is C29H35N5O2S. The maximum absolute atomic E-state index is 13.5. The van der Waals surface area contributed by atoms with Crippen LogP contribution in [-0.2, 0) is 12.3 Å². The number of hydrogen-bond donors (Lipinski definition) is 1. The average Bonchev–Trinajstić information content (AvgIpc) is 3.31. The van der Waals surface area contributed by atoms with Gasteiger partial charge in [0.25, 0.3) is 11.5 Å². The Morgan fingerprint density at radius 2 is 1.86 bits per heavy atom. The van der Waals surface area contributed by atoms with E-state index < -0.39 is 0 Å². The number of aryl methyl sites for hydroxylation is 2. The van der Waals surface area contributed by atoms with E-state index in [1.165, 1.54) is 23.1 Å². The number of carbonyl (C=O) groups is 1. The fourth-order valence-electron chi connectivity index (χ4n) is 5.16. The second kappa shape index (κ2) is 10.7. The van der Waals surface area contributed by atoms with Crippen molar-refractivity contribution in [3.63, 3.8) is 0 Å². The Morgan fingerprint density at radius 1 is 1.08 bits per heavy atom. The molecule has 1 fully saturated rings. The zero-order valence-corrected chi connectivity index (χ0v) is 22.9. The minimum Gasteiger partial charge on any atom is -0.349 e. The maximum atomic E-state index is 13.5. The number of carbonyl (C=O) groups excluding carboxylic acids is 1. The number of rotatable bonds is 7. The first-order valence-electron chi connectivity index (χ1n) is 13.2. The van der Waals surface area contributed by atoms with E-state index in [0.717, 1.165) is 31.4 Å². The van der Waals surface area contributed by atoms with E-state index >= 15 is 0 Å². The summed E-state index contributed by atoms with van der Waals surface area (Å²) in [4.78, 5) is 26.7. The lowest BCUT2D eigenvalue weighted by Gasteiger charge is -2.22. The summed E-state index contributed by atoms with van der Waals surface area (Å²) >= 11 is 1.60. The summed E-state index contributed by atoms with van der Waals surface area (Å²) in [6.45, 7) is 8.92. The molecule has 0 radical (unpaired) electrons. The van der Waals surface area contributed by atoms with Crippen molar-refractivity contribution in [1.82, 2.24) is 24.5 Å². The molecule has 7 nitrogen and oxygen atoms in total. The highest BCUT2D eigenvalue weighted by Gasteiger charge is 2.21. The van der Waals surface area contributed by atoms with Crippen LogP contribution in [-0.4, -0.2) is 31.1 Å². The van der Waals surface area contributed by atoms with E-state index in [4.69, 9.17) is 0 Å². The van der Waals surface area contributed by atoms with Gasteiger partial charge in [-0.3, -0.25) is 18.6 Å². The smallest absolute Gasteiger partial charge is 0.262 e. The van der Waals surface area contributed by atoms with Crippen LogP contribution < -0.4 is 10.9 Å². The van der Waals surface area contributed by atoms with Gasteiger partial charge < -0.3 is 5.32 Å². The highest BCUT2D eigenvalue weighted by Crippen LogP contribution is 2.27. The molecule has 8 heteroatoms. The number of amides is 1. The third-order valence-corrected chi connectivity index (χ3v) is 8.16. The number of aromatic nitrogens is 4. The summed E-state index contributed by atoms with van der Waals surface area (Å²) in [5.41, 5.74) is 4.82. The van der Waals surface area contributed by atoms with Gasteiger partial charge in [0.05, 0.1) is 10.9 Å². The molecule has 0 bridgehead atoms. The molecule has 0 unspecified atom stereocenters. The molecule has 4 aromatic rings. The summed E-state index contributed by atoms with van der Waals surface area (Å²) in [6.07, 6.45) is 5.59. The SMILES string of the molecule is Cc1ccc(C)c(CSc2nnc3n(CC(C)C)c(=O)c4ccc(C(=O)NC5CCCCC5)cc4n23)c1. The van der Waals surface area contributed by atoms with Gasteiger partial charge >= 0.3 is 0 Å². The Balaban J connectivity index is 1.59. The lowest BCUT2D eigenvalue weighted by molar-refractivity contribution is 0.0928. The number of benzene rings is 2. The van der Waals surface area contributed by atoms with E-state index in [1.54, 1.807) is 28.5 Å². The van der Waals surface area contributed by atoms with Crippen molar-refractivity contribution < 1.29 is 4.79 Å². The van der Waals surface area contributed by atoms with Gasteiger partial charge in [-0.25, -0.2) is 0 Å². The summed E-state index contributed by atoms with van der Waals surface area (Å²) < 4.78 is 3.66. The van der Waals surface area contributed by atoms with Gasteiger partial charge in [0.1, 0.15) is 0 Å². The van der Waals surface area contributed by atoms with Gasteiger partial charge in [-0.15, -0.1) is 10.2 Å². The Bertz CT molecular complexity index is 1510. The first kappa shape index (κ1) is 25.5. The number of thioether (sulfide) groups is 1. The van der Waals surface area contributed by atoms with Crippen LogP contribution in [0.1, 0.15) is 73.0 Å². The maximum Gasteiger partial charge on any atom is 0.262 e. The first-order chi connectivity index (χ1) is 17.8. The Labute approximate surface area is 221 Å². The minimum atomic E-state index is -0.103. The van der Waals surface area contributed by atoms with Crippen LogP contribution in [0.15, 0.2) is 46.3 Å². The molecule has 0 atom stereocenters. The van der Waals surface area contributed by atoms with Gasteiger partial charge in [0, 0.05) is 23.9 Å². The fourth-order valence-corrected chi connectivity index (χ4v) is 6.16. The van der Waals surface area contributed by atoms with Crippen molar-refractivity contribution in [3.8, 4) is 0 Å². The van der Waals surface area contributed by atoms with E-state index in [9.17, 15) is 9.59 Å². The summed E-state index contributed by atoms with van der Waals surface area (Å²) in [7, 11) is 0. The topological polar surface area (TPSA) is 81.3 Å². The molecule has 2 aromatic heterocycles. The van der Waals surface area contributed by atoms with Crippen LogP contribution in [0.25, 0.3) is 16.7 Å². The number of nitrogens with zero attached hydrogens (tertiary/aromatic N) is 4. The highest BCUT2D eigenvalue weighted by molar-refractivity contribution is 7.98. The molecule has 1 saturated carbocycles. The monoisotopic (exact) mass is 517 g/mol. The van der Waals surface area contributed by atoms with Gasteiger partial charge in [0.2, 0.25) is 5.78 Å². The molecule has 194 valence electrons. The Kier molecular flexibility index (Phi) is 7.38. The van der Waals surface area contributed by atoms with Gasteiger partial charge in [-0.2, -0.15) is 0 Å². The molecule has 2 aromatic carbocycles. The molecule has 1 amide bonds. The lowest BCUT2D eigenvalue weighted by atomic mass is 9.95. The van der Waals surface area contributed by atoms with Gasteiger partial charge in [-0.05, 0) is 61.9 Å². The number of hydrogen-bond acceptors (Lipinski definition) is 5. The molecular weight excluding hydrogens is 482 g/mol. The Hall–Kier alpha value is -3.13. The third kappa shape index (κ3) is 5.30. The summed E-state index contributed by atoms with van der Waals surface area (Å²) in [6, 6.07) is 12.0. The van der Waals surface area contributed by atoms with E-state index in [0.29, 0.717) is 33.9 Å². The summed E-state index contributed by atoms with van der Waals surface area (Å²) in [5.74, 6) is 1.42. The van der Waals surface area contributed by atoms with Crippen molar-refractivity contribution in [2.24, 2.45) is 5.92 Å². The van der Waals surface area contributed by atoms with E-state index in [1.807, 2.05) is 10.5 Å². The van der Waals surface area contributed by atoms with Gasteiger partial charge in [-0.1, -0.05) is 68.6 Å². The van der Waals surface area contributed by atoms with Crippen molar-refractivity contribution in [3.05, 3.63) is 69.0 Å². The highest BCUT2D eigenvalue weighted by atomic mass is 32.2. The van der Waals surface area contributed by atoms with Crippen molar-refractivity contribution in [1.29, 1.82) is 0 Å². The normalized spacial score (nSPS) is 14.6. The van der Waals surface area contributed by atoms with Crippen LogP contribution in [0.5, 0.6) is 0 Å². The van der Waals surface area contributed by atoms with E-state index in [2.05, 4.69) is 61.4 Å². The van der Waals surface area contributed by atoms with Crippen LogP contribution in [0.4, 0.5) is 0 Å². The molecule has 0 saturated heterocycles. The second-order valence-corrected chi connectivity index (χ2v) is 11.6. The molecule has 2 heterocycles. The van der Waals surface area contributed by atoms with Crippen molar-refractivity contribution >= 4 is 34.3 Å². The van der Waals surface area contributed by atoms with Crippen LogP contribution in [0, 0.1) is 19.8 Å². The minimum absolute atomic E-state index is 0.0917. The molecule has 1 aliphatic carbocycles. The lowest BCUT2D eigenvalue weighted by Crippen LogP contribution is -2.36. The molecule has 0 spiro atoms. The Morgan fingerprint density at radius 3 is 2.62 bits per heavy atom. The molecule has 5 rings (SSSR count). The third-order valence-electron chi connectivity index (χ3n) is 7.18. The fraction of sp³-hybridized carbons (Fsp3) is 0.448. The quantitative estimate of drug-likeness (QED) is 0.319. The number of nitrogens with one attached hydrogen (secondary N) is 1. The largest absolute Gasteiger partial charge is 0.349 e. The average molecular weight is 518 g/mol. The first-order valence-corrected chi connectivity index (χ1v) is 14.2. The zero-order valence-electron chi connectivity index (χ0n) is 22.1. The molecule has 37 heavy (non-hydrogen) atoms.